The highest BCUT2D eigenvalue weighted by Crippen LogP contribution is 2.38. The van der Waals surface area contributed by atoms with Crippen molar-refractivity contribution in [3.8, 4) is 11.5 Å². The summed E-state index contributed by atoms with van der Waals surface area (Å²) in [6, 6.07) is 2.21. The Balaban J connectivity index is 1.46. The highest BCUT2D eigenvalue weighted by molar-refractivity contribution is 6.59. The van der Waals surface area contributed by atoms with E-state index < -0.39 is 24.9 Å². The monoisotopic (exact) mass is 402 g/mol. The number of likely N-dealkylation sites (tertiary alicyclic amines) is 1. The number of benzene rings is 1. The van der Waals surface area contributed by atoms with E-state index >= 15 is 0 Å². The molecular formula is C17H19BN4O7-2. The lowest BCUT2D eigenvalue weighted by atomic mass is 9.70. The number of aryl methyl sites for hydroxylation is 1. The van der Waals surface area contributed by atoms with E-state index in [0.29, 0.717) is 11.3 Å². The number of hydrogen-bond acceptors (Lipinski definition) is 9. The fourth-order valence-electron chi connectivity index (χ4n) is 3.46. The number of fused-ring (bicyclic) bond motifs is 1. The third-order valence-corrected chi connectivity index (χ3v) is 5.08. The first-order valence-corrected chi connectivity index (χ1v) is 9.11. The number of nitrogens with zero attached hydrogens (tertiary/aromatic N) is 2. The van der Waals surface area contributed by atoms with E-state index in [9.17, 15) is 24.7 Å². The van der Waals surface area contributed by atoms with Crippen LogP contribution in [0.5, 0.6) is 11.5 Å². The van der Waals surface area contributed by atoms with E-state index in [1.165, 1.54) is 23.5 Å². The lowest BCUT2D eigenvalue weighted by Gasteiger charge is -2.41. The summed E-state index contributed by atoms with van der Waals surface area (Å²) in [4.78, 5) is 32.2. The minimum absolute atomic E-state index is 0.0211. The van der Waals surface area contributed by atoms with Gasteiger partial charge in [-0.3, -0.25) is 4.79 Å². The molecule has 154 valence electrons. The summed E-state index contributed by atoms with van der Waals surface area (Å²) in [6.45, 7) is -2.69. The SMILES string of the molecule is N[C@H](C(=O)N1CC(Oc2ccc3c(c2C(=O)[O-])O[B-](O)(O)CC3)C1)c1cnc[nH]1. The van der Waals surface area contributed by atoms with Crippen LogP contribution in [0.25, 0.3) is 0 Å². The van der Waals surface area contributed by atoms with Crippen molar-refractivity contribution in [1.82, 2.24) is 14.9 Å². The number of carbonyl (C=O) groups is 2. The molecule has 0 spiro atoms. The van der Waals surface area contributed by atoms with Gasteiger partial charge in [0.15, 0.2) is 0 Å². The highest BCUT2D eigenvalue weighted by Gasteiger charge is 2.37. The van der Waals surface area contributed by atoms with Crippen LogP contribution in [0, 0.1) is 0 Å². The van der Waals surface area contributed by atoms with Crippen LogP contribution in [-0.2, 0) is 11.2 Å². The Bertz CT molecular complexity index is 944. The first kappa shape index (κ1) is 19.2. The van der Waals surface area contributed by atoms with Crippen LogP contribution < -0.4 is 20.2 Å². The maximum Gasteiger partial charge on any atom is 0.430 e. The van der Waals surface area contributed by atoms with Crippen molar-refractivity contribution in [2.24, 2.45) is 5.73 Å². The Hall–Kier alpha value is -3.09. The van der Waals surface area contributed by atoms with Crippen LogP contribution >= 0.6 is 0 Å². The van der Waals surface area contributed by atoms with Crippen molar-refractivity contribution in [2.45, 2.75) is 24.9 Å². The third-order valence-electron chi connectivity index (χ3n) is 5.08. The van der Waals surface area contributed by atoms with Gasteiger partial charge in [-0.2, -0.15) is 0 Å². The predicted octanol–water partition coefficient (Wildman–Crippen LogP) is -2.08. The maximum absolute atomic E-state index is 12.4. The van der Waals surface area contributed by atoms with Crippen LogP contribution in [0.15, 0.2) is 24.7 Å². The summed E-state index contributed by atoms with van der Waals surface area (Å²) in [5, 5.41) is 31.2. The summed E-state index contributed by atoms with van der Waals surface area (Å²) in [5.41, 5.74) is 6.54. The van der Waals surface area contributed by atoms with Gasteiger partial charge >= 0.3 is 6.75 Å². The second-order valence-electron chi connectivity index (χ2n) is 7.20. The average Bonchev–Trinajstić information content (AvgIpc) is 3.16. The molecule has 1 atom stereocenters. The van der Waals surface area contributed by atoms with Gasteiger partial charge in [0.1, 0.15) is 17.9 Å². The molecule has 5 N–H and O–H groups in total. The Morgan fingerprint density at radius 1 is 1.41 bits per heavy atom. The number of rotatable bonds is 5. The molecule has 4 rings (SSSR count). The summed E-state index contributed by atoms with van der Waals surface area (Å²) in [5.74, 6) is -2.05. The number of hydrogen-bond donors (Lipinski definition) is 4. The fourth-order valence-corrected chi connectivity index (χ4v) is 3.46. The number of carboxylic acids is 1. The molecule has 0 unspecified atom stereocenters. The van der Waals surface area contributed by atoms with E-state index in [4.69, 9.17) is 15.1 Å². The van der Waals surface area contributed by atoms with E-state index in [1.807, 2.05) is 0 Å². The molecule has 12 heteroatoms. The molecule has 29 heavy (non-hydrogen) atoms. The van der Waals surface area contributed by atoms with Crippen molar-refractivity contribution >= 4 is 18.6 Å². The molecule has 1 fully saturated rings. The largest absolute Gasteiger partial charge is 0.669 e. The van der Waals surface area contributed by atoms with Gasteiger partial charge in [-0.1, -0.05) is 12.4 Å². The molecule has 1 aromatic carbocycles. The van der Waals surface area contributed by atoms with Gasteiger partial charge in [-0.05, 0) is 18.1 Å². The zero-order chi connectivity index (χ0) is 20.8. The second kappa shape index (κ2) is 7.06. The van der Waals surface area contributed by atoms with Gasteiger partial charge in [0.2, 0.25) is 5.91 Å². The lowest BCUT2D eigenvalue weighted by Crippen LogP contribution is -2.58. The summed E-state index contributed by atoms with van der Waals surface area (Å²) < 4.78 is 10.8. The number of carbonyl (C=O) groups excluding carboxylic acids is 2. The molecule has 11 nitrogen and oxygen atoms in total. The van der Waals surface area contributed by atoms with E-state index in [1.54, 1.807) is 6.07 Å². The van der Waals surface area contributed by atoms with Crippen LogP contribution in [0.3, 0.4) is 0 Å². The minimum atomic E-state index is -3.14. The Morgan fingerprint density at radius 3 is 2.83 bits per heavy atom. The molecule has 2 aromatic rings. The zero-order valence-electron chi connectivity index (χ0n) is 15.3. The topological polar surface area (TPSA) is 174 Å². The van der Waals surface area contributed by atoms with Crippen molar-refractivity contribution in [3.05, 3.63) is 41.5 Å². The van der Waals surface area contributed by atoms with Crippen molar-refractivity contribution in [2.75, 3.05) is 13.1 Å². The van der Waals surface area contributed by atoms with Crippen molar-refractivity contribution < 1.29 is 34.1 Å². The van der Waals surface area contributed by atoms with E-state index in [-0.39, 0.29) is 48.8 Å². The molecule has 1 aromatic heterocycles. The second-order valence-corrected chi connectivity index (χ2v) is 7.20. The standard InChI is InChI=1S/C17H20BN4O7/c19-14(11-5-20-8-21-11)16(23)22-6-10(7-22)28-12-2-1-9-3-4-18(26,27)29-15(9)13(12)17(24)25/h1-2,5,8,10,14,26-27H,3-4,6-7,19H2,(H,20,21)(H,24,25)/q-1/p-1/t14-/m0/s1. The van der Waals surface area contributed by atoms with Gasteiger partial charge in [0, 0.05) is 0 Å². The third kappa shape index (κ3) is 3.64. The highest BCUT2D eigenvalue weighted by atomic mass is 16.6. The molecule has 1 saturated heterocycles. The molecule has 2 aliphatic heterocycles. The van der Waals surface area contributed by atoms with Gasteiger partial charge in [0.25, 0.3) is 0 Å². The molecule has 0 bridgehead atoms. The minimum Gasteiger partial charge on any atom is -0.669 e. The number of carboxylic acid groups (broad SMARTS) is 1. The van der Waals surface area contributed by atoms with Gasteiger partial charge < -0.3 is 45.0 Å². The summed E-state index contributed by atoms with van der Waals surface area (Å²) in [7, 11) is 0. The average molecular weight is 402 g/mol. The Morgan fingerprint density at radius 2 is 2.17 bits per heavy atom. The number of aromatic amines is 1. The normalized spacial score (nSPS) is 18.9. The molecule has 3 heterocycles. The number of imidazole rings is 1. The van der Waals surface area contributed by atoms with Crippen LogP contribution in [0.4, 0.5) is 0 Å². The quantitative estimate of drug-likeness (QED) is 0.409. The number of aromatic carboxylic acids is 1. The van der Waals surface area contributed by atoms with Crippen LogP contribution in [-0.4, -0.2) is 62.7 Å². The lowest BCUT2D eigenvalue weighted by molar-refractivity contribution is -0.255. The van der Waals surface area contributed by atoms with Crippen molar-refractivity contribution in [1.29, 1.82) is 0 Å². The van der Waals surface area contributed by atoms with E-state index in [2.05, 4.69) is 9.97 Å². The van der Waals surface area contributed by atoms with Crippen LogP contribution in [0.1, 0.15) is 27.7 Å². The maximum atomic E-state index is 12.4. The van der Waals surface area contributed by atoms with E-state index in [0.717, 1.165) is 0 Å². The smallest absolute Gasteiger partial charge is 0.430 e. The number of ether oxygens (including phenoxy) is 1. The number of amides is 1. The first-order valence-electron chi connectivity index (χ1n) is 9.11. The number of nitrogens with one attached hydrogen (secondary N) is 1. The van der Waals surface area contributed by atoms with Gasteiger partial charge in [-0.25, -0.2) is 4.98 Å². The Labute approximate surface area is 165 Å². The summed E-state index contributed by atoms with van der Waals surface area (Å²) >= 11 is 0. The molecular weight excluding hydrogens is 383 g/mol. The molecule has 0 saturated carbocycles. The molecule has 2 aliphatic rings. The number of nitrogens with two attached hydrogens (primary N) is 1. The first-order chi connectivity index (χ1) is 13.7. The zero-order valence-corrected chi connectivity index (χ0v) is 15.3. The molecule has 1 amide bonds. The van der Waals surface area contributed by atoms with Crippen LogP contribution in [0.2, 0.25) is 6.32 Å². The number of aromatic nitrogens is 2. The Kier molecular flexibility index (Phi) is 4.69. The number of H-pyrrole nitrogens is 1. The van der Waals surface area contributed by atoms with Gasteiger partial charge in [0.05, 0.1) is 48.6 Å². The predicted molar refractivity (Wildman–Crippen MR) is 96.6 cm³/mol. The summed E-state index contributed by atoms with van der Waals surface area (Å²) in [6.07, 6.45) is 2.67. The molecule has 0 radical (unpaired) electrons. The van der Waals surface area contributed by atoms with Gasteiger partial charge in [-0.15, -0.1) is 0 Å². The fraction of sp³-hybridized carbons (Fsp3) is 0.353. The molecule has 0 aliphatic carbocycles. The van der Waals surface area contributed by atoms with Crippen molar-refractivity contribution in [3.63, 3.8) is 0 Å².